The predicted octanol–water partition coefficient (Wildman–Crippen LogP) is 2.71. The largest absolute Gasteiger partial charge is 0.310 e. The number of anilines is 1. The molecule has 1 heterocycles. The Morgan fingerprint density at radius 3 is 2.72 bits per heavy atom. The van der Waals surface area contributed by atoms with Crippen LogP contribution in [0.4, 0.5) is 10.2 Å². The van der Waals surface area contributed by atoms with E-state index in [9.17, 15) is 9.18 Å². The second-order valence-electron chi connectivity index (χ2n) is 3.98. The first-order valence-corrected chi connectivity index (χ1v) is 5.62. The van der Waals surface area contributed by atoms with Crippen LogP contribution in [0.3, 0.4) is 0 Å². The molecular formula is C14H13FN2O. The molecule has 0 radical (unpaired) electrons. The Balaban J connectivity index is 2.03. The minimum absolute atomic E-state index is 0.00228. The number of benzene rings is 1. The van der Waals surface area contributed by atoms with Crippen molar-refractivity contribution in [3.8, 4) is 0 Å². The standard InChI is InChI=1S/C14H13FN2O/c1-10-5-4-8-13(16-10)17-14(18)9-11-6-2-3-7-12(11)15/h2-8H,9H2,1H3,(H,16,17,18). The van der Waals surface area contributed by atoms with E-state index in [-0.39, 0.29) is 18.1 Å². The van der Waals surface area contributed by atoms with Gasteiger partial charge in [0.15, 0.2) is 0 Å². The van der Waals surface area contributed by atoms with Gasteiger partial charge in [0, 0.05) is 5.69 Å². The Labute approximate surface area is 105 Å². The third kappa shape index (κ3) is 3.13. The van der Waals surface area contributed by atoms with Gasteiger partial charge in [-0.25, -0.2) is 9.37 Å². The van der Waals surface area contributed by atoms with E-state index in [4.69, 9.17) is 0 Å². The lowest BCUT2D eigenvalue weighted by atomic mass is 10.1. The summed E-state index contributed by atoms with van der Waals surface area (Å²) in [5, 5.41) is 2.64. The van der Waals surface area contributed by atoms with Crippen LogP contribution in [0.5, 0.6) is 0 Å². The molecule has 0 fully saturated rings. The highest BCUT2D eigenvalue weighted by Gasteiger charge is 2.08. The number of aromatic nitrogens is 1. The highest BCUT2D eigenvalue weighted by molar-refractivity contribution is 5.91. The quantitative estimate of drug-likeness (QED) is 0.902. The summed E-state index contributed by atoms with van der Waals surface area (Å²) in [6.45, 7) is 1.84. The van der Waals surface area contributed by atoms with Gasteiger partial charge in [-0.2, -0.15) is 0 Å². The van der Waals surface area contributed by atoms with Crippen LogP contribution in [0.15, 0.2) is 42.5 Å². The summed E-state index contributed by atoms with van der Waals surface area (Å²) >= 11 is 0. The fraction of sp³-hybridized carbons (Fsp3) is 0.143. The van der Waals surface area contributed by atoms with E-state index in [0.717, 1.165) is 5.69 Å². The summed E-state index contributed by atoms with van der Waals surface area (Å²) < 4.78 is 13.4. The van der Waals surface area contributed by atoms with Gasteiger partial charge in [-0.3, -0.25) is 4.79 Å². The van der Waals surface area contributed by atoms with Crippen LogP contribution in [0.2, 0.25) is 0 Å². The Morgan fingerprint density at radius 1 is 1.22 bits per heavy atom. The molecule has 0 saturated carbocycles. The number of rotatable bonds is 3. The van der Waals surface area contributed by atoms with Gasteiger partial charge in [-0.05, 0) is 30.7 Å². The number of aryl methyl sites for hydroxylation is 1. The van der Waals surface area contributed by atoms with Crippen LogP contribution in [-0.2, 0) is 11.2 Å². The number of nitrogens with one attached hydrogen (secondary N) is 1. The highest BCUT2D eigenvalue weighted by Crippen LogP contribution is 2.09. The highest BCUT2D eigenvalue weighted by atomic mass is 19.1. The summed E-state index contributed by atoms with van der Waals surface area (Å²) in [6.07, 6.45) is 0.00228. The average Bonchev–Trinajstić information content (AvgIpc) is 2.32. The molecule has 3 nitrogen and oxygen atoms in total. The van der Waals surface area contributed by atoms with E-state index in [1.807, 2.05) is 13.0 Å². The normalized spacial score (nSPS) is 10.1. The van der Waals surface area contributed by atoms with Crippen molar-refractivity contribution >= 4 is 11.7 Å². The molecule has 0 aliphatic rings. The van der Waals surface area contributed by atoms with E-state index in [0.29, 0.717) is 11.4 Å². The Bertz CT molecular complexity index is 569. The molecule has 1 N–H and O–H groups in total. The maximum atomic E-state index is 13.4. The molecule has 0 aliphatic heterocycles. The summed E-state index contributed by atoms with van der Waals surface area (Å²) in [7, 11) is 0. The fourth-order valence-electron chi connectivity index (χ4n) is 1.61. The predicted molar refractivity (Wildman–Crippen MR) is 67.7 cm³/mol. The smallest absolute Gasteiger partial charge is 0.230 e. The van der Waals surface area contributed by atoms with Gasteiger partial charge in [-0.15, -0.1) is 0 Å². The number of hydrogen-bond acceptors (Lipinski definition) is 2. The van der Waals surface area contributed by atoms with Crippen LogP contribution < -0.4 is 5.32 Å². The van der Waals surface area contributed by atoms with Crippen molar-refractivity contribution in [2.75, 3.05) is 5.32 Å². The minimum atomic E-state index is -0.371. The Morgan fingerprint density at radius 2 is 2.00 bits per heavy atom. The molecule has 1 aromatic carbocycles. The molecule has 1 aromatic heterocycles. The van der Waals surface area contributed by atoms with Crippen LogP contribution in [0.1, 0.15) is 11.3 Å². The van der Waals surface area contributed by atoms with Crippen molar-refractivity contribution < 1.29 is 9.18 Å². The zero-order valence-corrected chi connectivity index (χ0v) is 9.98. The molecule has 2 rings (SSSR count). The monoisotopic (exact) mass is 244 g/mol. The molecule has 2 aromatic rings. The summed E-state index contributed by atoms with van der Waals surface area (Å²) in [4.78, 5) is 15.9. The van der Waals surface area contributed by atoms with E-state index in [1.165, 1.54) is 6.07 Å². The molecule has 0 unspecified atom stereocenters. The zero-order chi connectivity index (χ0) is 13.0. The lowest BCUT2D eigenvalue weighted by Gasteiger charge is -2.05. The van der Waals surface area contributed by atoms with Gasteiger partial charge >= 0.3 is 0 Å². The third-order valence-corrected chi connectivity index (χ3v) is 2.46. The zero-order valence-electron chi connectivity index (χ0n) is 9.98. The van der Waals surface area contributed by atoms with Gasteiger partial charge in [0.1, 0.15) is 11.6 Å². The summed E-state index contributed by atoms with van der Waals surface area (Å²) in [5.41, 5.74) is 1.20. The SMILES string of the molecule is Cc1cccc(NC(=O)Cc2ccccc2F)n1. The third-order valence-electron chi connectivity index (χ3n) is 2.46. The first kappa shape index (κ1) is 12.2. The topological polar surface area (TPSA) is 42.0 Å². The lowest BCUT2D eigenvalue weighted by Crippen LogP contribution is -2.16. The molecule has 0 atom stereocenters. The number of amides is 1. The molecule has 0 saturated heterocycles. The molecule has 0 bridgehead atoms. The molecule has 0 aliphatic carbocycles. The lowest BCUT2D eigenvalue weighted by molar-refractivity contribution is -0.115. The molecule has 92 valence electrons. The maximum Gasteiger partial charge on any atom is 0.230 e. The number of nitrogens with zero attached hydrogens (tertiary/aromatic N) is 1. The van der Waals surface area contributed by atoms with Crippen LogP contribution in [0, 0.1) is 12.7 Å². The van der Waals surface area contributed by atoms with Crippen LogP contribution in [-0.4, -0.2) is 10.9 Å². The second kappa shape index (κ2) is 5.40. The number of carbonyl (C=O) groups excluding carboxylic acids is 1. The van der Waals surface area contributed by atoms with Gasteiger partial charge in [0.05, 0.1) is 6.42 Å². The number of hydrogen-bond donors (Lipinski definition) is 1. The van der Waals surface area contributed by atoms with Crippen molar-refractivity contribution in [3.63, 3.8) is 0 Å². The number of halogens is 1. The second-order valence-corrected chi connectivity index (χ2v) is 3.98. The summed E-state index contributed by atoms with van der Waals surface area (Å²) in [5.74, 6) is -0.167. The van der Waals surface area contributed by atoms with E-state index in [2.05, 4.69) is 10.3 Å². The van der Waals surface area contributed by atoms with E-state index < -0.39 is 0 Å². The van der Waals surface area contributed by atoms with Gasteiger partial charge in [-0.1, -0.05) is 24.3 Å². The van der Waals surface area contributed by atoms with Gasteiger partial charge in [0.2, 0.25) is 5.91 Å². The van der Waals surface area contributed by atoms with E-state index >= 15 is 0 Å². The number of carbonyl (C=O) groups is 1. The first-order chi connectivity index (χ1) is 8.65. The summed E-state index contributed by atoms with van der Waals surface area (Å²) in [6, 6.07) is 11.6. The molecule has 0 spiro atoms. The van der Waals surface area contributed by atoms with Crippen LogP contribution >= 0.6 is 0 Å². The molecule has 1 amide bonds. The van der Waals surface area contributed by atoms with Crippen molar-refractivity contribution in [2.24, 2.45) is 0 Å². The van der Waals surface area contributed by atoms with Crippen molar-refractivity contribution in [3.05, 3.63) is 59.5 Å². The van der Waals surface area contributed by atoms with E-state index in [1.54, 1.807) is 30.3 Å². The maximum absolute atomic E-state index is 13.4. The molecular weight excluding hydrogens is 231 g/mol. The van der Waals surface area contributed by atoms with Crippen molar-refractivity contribution in [1.82, 2.24) is 4.98 Å². The van der Waals surface area contributed by atoms with Crippen LogP contribution in [0.25, 0.3) is 0 Å². The fourth-order valence-corrected chi connectivity index (χ4v) is 1.61. The van der Waals surface area contributed by atoms with Gasteiger partial charge < -0.3 is 5.32 Å². The van der Waals surface area contributed by atoms with Gasteiger partial charge in [0.25, 0.3) is 0 Å². The Hall–Kier alpha value is -2.23. The Kier molecular flexibility index (Phi) is 3.67. The first-order valence-electron chi connectivity index (χ1n) is 5.62. The van der Waals surface area contributed by atoms with Crippen molar-refractivity contribution in [2.45, 2.75) is 13.3 Å². The minimum Gasteiger partial charge on any atom is -0.310 e. The molecule has 18 heavy (non-hydrogen) atoms. The molecule has 4 heteroatoms. The number of pyridine rings is 1. The average molecular weight is 244 g/mol. The van der Waals surface area contributed by atoms with Crippen molar-refractivity contribution in [1.29, 1.82) is 0 Å².